The highest BCUT2D eigenvalue weighted by Crippen LogP contribution is 2.39. The van der Waals surface area contributed by atoms with Crippen LogP contribution in [0.2, 0.25) is 0 Å². The lowest BCUT2D eigenvalue weighted by Gasteiger charge is -2.39. The molecule has 54 heavy (non-hydrogen) atoms. The Morgan fingerprint density at radius 1 is 0.963 bits per heavy atom. The van der Waals surface area contributed by atoms with Gasteiger partial charge in [-0.1, -0.05) is 45.0 Å². The Morgan fingerprint density at radius 3 is 2.46 bits per heavy atom. The van der Waals surface area contributed by atoms with Crippen LogP contribution in [0.3, 0.4) is 0 Å². The van der Waals surface area contributed by atoms with Crippen LogP contribution < -0.4 is 25.0 Å². The molecular weight excluding hydrogens is 686 g/mol. The number of piperidine rings is 1. The maximum atomic E-state index is 14.7. The van der Waals surface area contributed by atoms with Gasteiger partial charge in [-0.15, -0.1) is 10.2 Å². The summed E-state index contributed by atoms with van der Waals surface area (Å²) in [7, 11) is 3.86. The van der Waals surface area contributed by atoms with Gasteiger partial charge in [-0.25, -0.2) is 13.9 Å². The highest BCUT2D eigenvalue weighted by molar-refractivity contribution is 5.89. The van der Waals surface area contributed by atoms with Gasteiger partial charge in [0.05, 0.1) is 23.6 Å². The standard InChI is InChI=1S/C41H52FN9O3/c1-26-11-10-12-27(2)50(26)40-46-45-37-20-16-29(25-49(37)40)54-34-19-18-33(30-13-8-9-14-31(30)34)43-39(52)44-38-24-36(41(3,4)5)47-51(38)28-15-17-32(42)35(23-28)53-22-21-48(6)7/h8-9,13-17,20,23-27,33-34H,10-12,18-19,21-22H2,1-7H3,(H2,43,44,52)/t26-,27+,33-,34+/m0/s1. The highest BCUT2D eigenvalue weighted by atomic mass is 19.1. The molecule has 1 fully saturated rings. The number of likely N-dealkylation sites (N-methyl/N-ethyl adjacent to an activating group) is 1. The number of hydrogen-bond donors (Lipinski definition) is 2. The minimum absolute atomic E-state index is 0.126. The summed E-state index contributed by atoms with van der Waals surface area (Å²) in [5, 5.41) is 20.1. The van der Waals surface area contributed by atoms with Crippen LogP contribution in [0.15, 0.2) is 66.9 Å². The fourth-order valence-corrected chi connectivity index (χ4v) is 7.52. The number of rotatable bonds is 10. The summed E-state index contributed by atoms with van der Waals surface area (Å²) in [5.41, 5.74) is 3.87. The van der Waals surface area contributed by atoms with E-state index in [4.69, 9.17) is 14.6 Å². The number of halogens is 1. The van der Waals surface area contributed by atoms with Crippen LogP contribution in [0.5, 0.6) is 11.5 Å². The van der Waals surface area contributed by atoms with Crippen LogP contribution in [0, 0.1) is 5.82 Å². The Labute approximate surface area is 316 Å². The Morgan fingerprint density at radius 2 is 1.72 bits per heavy atom. The minimum atomic E-state index is -0.461. The summed E-state index contributed by atoms with van der Waals surface area (Å²) in [6.07, 6.45) is 6.65. The van der Waals surface area contributed by atoms with Gasteiger partial charge in [0, 0.05) is 36.2 Å². The van der Waals surface area contributed by atoms with Gasteiger partial charge in [0.25, 0.3) is 0 Å². The molecule has 0 radical (unpaired) electrons. The number of aromatic nitrogens is 5. The Bertz CT molecular complexity index is 2090. The molecule has 2 amide bonds. The summed E-state index contributed by atoms with van der Waals surface area (Å²) >= 11 is 0. The molecule has 12 nitrogen and oxygen atoms in total. The smallest absolute Gasteiger partial charge is 0.320 e. The molecule has 5 aromatic rings. The predicted octanol–water partition coefficient (Wildman–Crippen LogP) is 7.84. The van der Waals surface area contributed by atoms with Gasteiger partial charge < -0.3 is 24.6 Å². The van der Waals surface area contributed by atoms with E-state index in [2.05, 4.69) is 66.4 Å². The molecule has 0 spiro atoms. The summed E-state index contributed by atoms with van der Waals surface area (Å²) in [4.78, 5) is 18.1. The first kappa shape index (κ1) is 37.2. The normalized spacial score (nSPS) is 20.2. The second-order valence-electron chi connectivity index (χ2n) is 15.9. The highest BCUT2D eigenvalue weighted by Gasteiger charge is 2.32. The molecule has 1 aliphatic heterocycles. The molecule has 0 unspecified atom stereocenters. The summed E-state index contributed by atoms with van der Waals surface area (Å²) in [6.45, 7) is 11.6. The molecule has 0 saturated carbocycles. The van der Waals surface area contributed by atoms with Crippen molar-refractivity contribution in [1.82, 2.24) is 34.6 Å². The molecule has 2 aromatic carbocycles. The number of nitrogens with zero attached hydrogens (tertiary/aromatic N) is 7. The third-order valence-electron chi connectivity index (χ3n) is 10.5. The minimum Gasteiger partial charge on any atom is -0.489 e. The Kier molecular flexibility index (Phi) is 10.5. The largest absolute Gasteiger partial charge is 0.489 e. The fraction of sp³-hybridized carbons (Fsp3) is 0.463. The van der Waals surface area contributed by atoms with E-state index in [1.54, 1.807) is 16.8 Å². The predicted molar refractivity (Wildman–Crippen MR) is 208 cm³/mol. The number of pyridine rings is 1. The molecule has 3 aromatic heterocycles. The topological polar surface area (TPSA) is 114 Å². The molecule has 286 valence electrons. The molecule has 4 heterocycles. The van der Waals surface area contributed by atoms with Crippen LogP contribution in [0.1, 0.15) is 95.7 Å². The number of carbonyl (C=O) groups is 1. The molecule has 0 bridgehead atoms. The van der Waals surface area contributed by atoms with Crippen molar-refractivity contribution in [3.05, 3.63) is 89.5 Å². The molecule has 4 atom stereocenters. The van der Waals surface area contributed by atoms with E-state index in [1.807, 2.05) is 66.0 Å². The lowest BCUT2D eigenvalue weighted by Crippen LogP contribution is -2.44. The maximum Gasteiger partial charge on any atom is 0.320 e. The number of fused-ring (bicyclic) bond motifs is 2. The van der Waals surface area contributed by atoms with E-state index in [0.29, 0.717) is 49.6 Å². The van der Waals surface area contributed by atoms with Crippen LogP contribution >= 0.6 is 0 Å². The zero-order valence-electron chi connectivity index (χ0n) is 32.3. The summed E-state index contributed by atoms with van der Waals surface area (Å²) in [6, 6.07) is 18.6. The van der Waals surface area contributed by atoms with Crippen molar-refractivity contribution in [3.63, 3.8) is 0 Å². The average molecular weight is 738 g/mol. The molecule has 2 aliphatic rings. The van der Waals surface area contributed by atoms with Crippen LogP contribution in [-0.4, -0.2) is 74.6 Å². The second-order valence-corrected chi connectivity index (χ2v) is 15.9. The average Bonchev–Trinajstić information content (AvgIpc) is 3.74. The first-order chi connectivity index (χ1) is 25.9. The van der Waals surface area contributed by atoms with Gasteiger partial charge in [0.2, 0.25) is 5.95 Å². The molecular formula is C41H52FN9O3. The number of hydrogen-bond acceptors (Lipinski definition) is 8. The van der Waals surface area contributed by atoms with Gasteiger partial charge >= 0.3 is 6.03 Å². The van der Waals surface area contributed by atoms with Crippen molar-refractivity contribution < 1.29 is 18.7 Å². The molecule has 1 aliphatic carbocycles. The molecule has 2 N–H and O–H groups in total. The quantitative estimate of drug-likeness (QED) is 0.149. The number of nitrogens with one attached hydrogen (secondary N) is 2. The lowest BCUT2D eigenvalue weighted by molar-refractivity contribution is 0.171. The van der Waals surface area contributed by atoms with Crippen molar-refractivity contribution in [2.75, 3.05) is 37.5 Å². The van der Waals surface area contributed by atoms with Crippen molar-refractivity contribution >= 4 is 23.4 Å². The third-order valence-corrected chi connectivity index (χ3v) is 10.5. The van der Waals surface area contributed by atoms with Gasteiger partial charge in [-0.3, -0.25) is 9.72 Å². The SMILES string of the molecule is C[C@@H]1CCC[C@H](C)N1c1nnc2ccc(O[C@@H]3CC[C@H](NC(=O)Nc4cc(C(C)(C)C)nn4-c4ccc(F)c(OCCN(C)C)c4)c4ccccc43)cn12. The maximum absolute atomic E-state index is 14.7. The molecule has 1 saturated heterocycles. The van der Waals surface area contributed by atoms with E-state index in [1.165, 1.54) is 12.5 Å². The number of benzene rings is 2. The lowest BCUT2D eigenvalue weighted by atomic mass is 9.85. The number of carbonyl (C=O) groups excluding carboxylic acids is 1. The van der Waals surface area contributed by atoms with Gasteiger partial charge in [-0.05, 0) is 95.4 Å². The first-order valence-electron chi connectivity index (χ1n) is 19.0. The number of amides is 2. The zero-order valence-corrected chi connectivity index (χ0v) is 32.3. The fourth-order valence-electron chi connectivity index (χ4n) is 7.52. The zero-order chi connectivity index (χ0) is 38.1. The van der Waals surface area contributed by atoms with E-state index < -0.39 is 5.82 Å². The van der Waals surface area contributed by atoms with E-state index in [-0.39, 0.29) is 29.3 Å². The van der Waals surface area contributed by atoms with Crippen molar-refractivity contribution in [2.24, 2.45) is 0 Å². The first-order valence-corrected chi connectivity index (χ1v) is 19.0. The second kappa shape index (κ2) is 15.3. The Balaban J connectivity index is 1.08. The number of ether oxygens (including phenoxy) is 2. The third kappa shape index (κ3) is 7.87. The monoisotopic (exact) mass is 737 g/mol. The van der Waals surface area contributed by atoms with Crippen LogP contribution in [0.4, 0.5) is 21.0 Å². The van der Waals surface area contributed by atoms with Gasteiger partial charge in [0.1, 0.15) is 24.3 Å². The molecule has 13 heteroatoms. The number of urea groups is 1. The van der Waals surface area contributed by atoms with Crippen molar-refractivity contribution in [1.29, 1.82) is 0 Å². The van der Waals surface area contributed by atoms with Crippen molar-refractivity contribution in [3.8, 4) is 17.2 Å². The van der Waals surface area contributed by atoms with Gasteiger partial charge in [-0.2, -0.15) is 5.10 Å². The summed E-state index contributed by atoms with van der Waals surface area (Å²) in [5.74, 6) is 1.71. The number of anilines is 2. The van der Waals surface area contributed by atoms with E-state index in [9.17, 15) is 9.18 Å². The van der Waals surface area contributed by atoms with Crippen molar-refractivity contribution in [2.45, 2.75) is 96.4 Å². The van der Waals surface area contributed by atoms with Crippen LogP contribution in [-0.2, 0) is 5.41 Å². The van der Waals surface area contributed by atoms with Crippen LogP contribution in [0.25, 0.3) is 11.3 Å². The van der Waals surface area contributed by atoms with E-state index in [0.717, 1.165) is 47.0 Å². The Hall–Kier alpha value is -5.17. The molecule has 7 rings (SSSR count). The van der Waals surface area contributed by atoms with Gasteiger partial charge in [0.15, 0.2) is 17.2 Å². The van der Waals surface area contributed by atoms with E-state index >= 15 is 0 Å². The summed E-state index contributed by atoms with van der Waals surface area (Å²) < 4.78 is 30.9.